The van der Waals surface area contributed by atoms with Crippen LogP contribution in [0.3, 0.4) is 0 Å². The van der Waals surface area contributed by atoms with Crippen LogP contribution in [0, 0.1) is 0 Å². The molecule has 0 bridgehead atoms. The standard InChI is InChI=1S/C11H13BrN2O3/c1-14-6-7(12)4-8(14)10(17)13-11(2-3-11)5-9(15)16/h4,6H,2-3,5H2,1H3,(H,13,17)(H,15,16). The molecule has 5 nitrogen and oxygen atoms in total. The second-order valence-electron chi connectivity index (χ2n) is 4.46. The van der Waals surface area contributed by atoms with Crippen LogP contribution in [-0.4, -0.2) is 27.1 Å². The van der Waals surface area contributed by atoms with Gasteiger partial charge in [0.05, 0.1) is 12.0 Å². The second kappa shape index (κ2) is 4.18. The molecule has 0 atom stereocenters. The fraction of sp³-hybridized carbons (Fsp3) is 0.455. The van der Waals surface area contributed by atoms with Crippen LogP contribution in [0.1, 0.15) is 29.8 Å². The lowest BCUT2D eigenvalue weighted by atomic mass is 10.2. The third-order valence-electron chi connectivity index (χ3n) is 2.93. The molecule has 1 aromatic rings. The number of hydrogen-bond donors (Lipinski definition) is 2. The summed E-state index contributed by atoms with van der Waals surface area (Å²) in [5.74, 6) is -1.10. The Morgan fingerprint density at radius 2 is 2.24 bits per heavy atom. The summed E-state index contributed by atoms with van der Waals surface area (Å²) in [7, 11) is 1.77. The van der Waals surface area contributed by atoms with E-state index in [1.54, 1.807) is 23.9 Å². The van der Waals surface area contributed by atoms with Crippen LogP contribution in [0.15, 0.2) is 16.7 Å². The molecule has 1 aliphatic carbocycles. The summed E-state index contributed by atoms with van der Waals surface area (Å²) in [5.41, 5.74) is -0.00632. The number of amides is 1. The van der Waals surface area contributed by atoms with Crippen molar-refractivity contribution >= 4 is 27.8 Å². The molecule has 2 N–H and O–H groups in total. The van der Waals surface area contributed by atoms with Crippen molar-refractivity contribution in [1.82, 2.24) is 9.88 Å². The highest BCUT2D eigenvalue weighted by atomic mass is 79.9. The maximum atomic E-state index is 12.0. The van der Waals surface area contributed by atoms with Crippen LogP contribution in [0.2, 0.25) is 0 Å². The molecular formula is C11H13BrN2O3. The number of aromatic nitrogens is 1. The van der Waals surface area contributed by atoms with E-state index in [1.807, 2.05) is 0 Å². The van der Waals surface area contributed by atoms with E-state index in [1.165, 1.54) is 0 Å². The molecule has 6 heteroatoms. The molecule has 0 aliphatic heterocycles. The Hall–Kier alpha value is -1.30. The van der Waals surface area contributed by atoms with Gasteiger partial charge in [0.2, 0.25) is 0 Å². The Morgan fingerprint density at radius 1 is 1.59 bits per heavy atom. The molecule has 1 saturated carbocycles. The smallest absolute Gasteiger partial charge is 0.305 e. The van der Waals surface area contributed by atoms with Gasteiger partial charge in [-0.3, -0.25) is 9.59 Å². The normalized spacial score (nSPS) is 16.6. The molecule has 92 valence electrons. The summed E-state index contributed by atoms with van der Waals surface area (Å²) in [6.45, 7) is 0. The highest BCUT2D eigenvalue weighted by molar-refractivity contribution is 9.10. The Kier molecular flexibility index (Phi) is 2.99. The monoisotopic (exact) mass is 300 g/mol. The Balaban J connectivity index is 2.07. The SMILES string of the molecule is Cn1cc(Br)cc1C(=O)NC1(CC(=O)O)CC1. The Morgan fingerprint density at radius 3 is 2.65 bits per heavy atom. The van der Waals surface area contributed by atoms with Crippen LogP contribution in [0.5, 0.6) is 0 Å². The van der Waals surface area contributed by atoms with Gasteiger partial charge in [-0.2, -0.15) is 0 Å². The minimum Gasteiger partial charge on any atom is -0.481 e. The molecule has 0 spiro atoms. The Bertz CT molecular complexity index is 477. The number of aliphatic carboxylic acids is 1. The predicted molar refractivity (Wildman–Crippen MR) is 64.8 cm³/mol. The third-order valence-corrected chi connectivity index (χ3v) is 3.36. The highest BCUT2D eigenvalue weighted by Gasteiger charge is 2.46. The van der Waals surface area contributed by atoms with Gasteiger partial charge in [0, 0.05) is 17.7 Å². The first-order chi connectivity index (χ1) is 7.92. The zero-order chi connectivity index (χ0) is 12.6. The highest BCUT2D eigenvalue weighted by Crippen LogP contribution is 2.38. The van der Waals surface area contributed by atoms with Gasteiger partial charge < -0.3 is 15.0 Å². The van der Waals surface area contributed by atoms with Gasteiger partial charge in [0.1, 0.15) is 5.69 Å². The van der Waals surface area contributed by atoms with Gasteiger partial charge in [0.15, 0.2) is 0 Å². The van der Waals surface area contributed by atoms with Gasteiger partial charge in [-0.15, -0.1) is 0 Å². The van der Waals surface area contributed by atoms with Crippen LogP contribution < -0.4 is 5.32 Å². The average molecular weight is 301 g/mol. The number of hydrogen-bond acceptors (Lipinski definition) is 2. The van der Waals surface area contributed by atoms with Crippen molar-refractivity contribution in [2.75, 3.05) is 0 Å². The number of nitrogens with one attached hydrogen (secondary N) is 1. The first-order valence-corrected chi connectivity index (χ1v) is 6.07. The van der Waals surface area contributed by atoms with Crippen molar-refractivity contribution < 1.29 is 14.7 Å². The number of carboxylic acid groups (broad SMARTS) is 1. The molecule has 0 radical (unpaired) electrons. The van der Waals surface area contributed by atoms with Gasteiger partial charge in [-0.1, -0.05) is 0 Å². The molecule has 17 heavy (non-hydrogen) atoms. The minimum atomic E-state index is -0.879. The summed E-state index contributed by atoms with van der Waals surface area (Å²) >= 11 is 3.29. The molecule has 1 heterocycles. The lowest BCUT2D eigenvalue weighted by Gasteiger charge is -2.15. The van der Waals surface area contributed by atoms with Crippen molar-refractivity contribution in [1.29, 1.82) is 0 Å². The number of aryl methyl sites for hydroxylation is 1. The van der Waals surface area contributed by atoms with Crippen molar-refractivity contribution in [3.63, 3.8) is 0 Å². The lowest BCUT2D eigenvalue weighted by molar-refractivity contribution is -0.137. The zero-order valence-electron chi connectivity index (χ0n) is 9.36. The summed E-state index contributed by atoms with van der Waals surface area (Å²) < 4.78 is 2.53. The fourth-order valence-corrected chi connectivity index (χ4v) is 2.37. The maximum Gasteiger partial charge on any atom is 0.305 e. The fourth-order valence-electron chi connectivity index (χ4n) is 1.84. The number of rotatable bonds is 4. The molecule has 2 rings (SSSR count). The predicted octanol–water partition coefficient (Wildman–Crippen LogP) is 1.52. The maximum absolute atomic E-state index is 12.0. The summed E-state index contributed by atoms with van der Waals surface area (Å²) in [6.07, 6.45) is 3.24. The van der Waals surface area contributed by atoms with E-state index in [0.717, 1.165) is 17.3 Å². The zero-order valence-corrected chi connectivity index (χ0v) is 11.0. The van der Waals surface area contributed by atoms with Crippen molar-refractivity contribution in [3.8, 4) is 0 Å². The van der Waals surface area contributed by atoms with Crippen LogP contribution in [-0.2, 0) is 11.8 Å². The molecule has 1 aliphatic rings. The molecule has 0 aromatic carbocycles. The number of carbonyl (C=O) groups excluding carboxylic acids is 1. The van der Waals surface area contributed by atoms with E-state index in [-0.39, 0.29) is 12.3 Å². The summed E-state index contributed by atoms with van der Waals surface area (Å²) in [4.78, 5) is 22.7. The van der Waals surface area contributed by atoms with Crippen molar-refractivity contribution in [2.45, 2.75) is 24.8 Å². The van der Waals surface area contributed by atoms with Crippen molar-refractivity contribution in [3.05, 3.63) is 22.4 Å². The van der Waals surface area contributed by atoms with Gasteiger partial charge in [-0.05, 0) is 34.8 Å². The van der Waals surface area contributed by atoms with Gasteiger partial charge in [0.25, 0.3) is 5.91 Å². The quantitative estimate of drug-likeness (QED) is 0.886. The number of carboxylic acids is 1. The average Bonchev–Trinajstić information content (AvgIpc) is 2.82. The number of nitrogens with zero attached hydrogens (tertiary/aromatic N) is 1. The lowest BCUT2D eigenvalue weighted by Crippen LogP contribution is -2.39. The molecular weight excluding hydrogens is 288 g/mol. The van der Waals surface area contributed by atoms with E-state index in [4.69, 9.17) is 5.11 Å². The Labute approximate surface area is 107 Å². The van der Waals surface area contributed by atoms with Gasteiger partial charge >= 0.3 is 5.97 Å². The van der Waals surface area contributed by atoms with Crippen LogP contribution in [0.4, 0.5) is 0 Å². The first-order valence-electron chi connectivity index (χ1n) is 5.28. The van der Waals surface area contributed by atoms with Crippen LogP contribution >= 0.6 is 15.9 Å². The topological polar surface area (TPSA) is 71.3 Å². The van der Waals surface area contributed by atoms with E-state index >= 15 is 0 Å². The second-order valence-corrected chi connectivity index (χ2v) is 5.38. The molecule has 1 amide bonds. The first kappa shape index (κ1) is 12.2. The number of halogens is 1. The van der Waals surface area contributed by atoms with E-state index in [2.05, 4.69) is 21.2 Å². The molecule has 1 fully saturated rings. The van der Waals surface area contributed by atoms with Crippen LogP contribution in [0.25, 0.3) is 0 Å². The van der Waals surface area contributed by atoms with E-state index in [9.17, 15) is 9.59 Å². The summed E-state index contributed by atoms with van der Waals surface area (Å²) in [6, 6.07) is 1.71. The minimum absolute atomic E-state index is 0.00959. The van der Waals surface area contributed by atoms with Gasteiger partial charge in [-0.25, -0.2) is 0 Å². The molecule has 0 unspecified atom stereocenters. The largest absolute Gasteiger partial charge is 0.481 e. The number of carbonyl (C=O) groups is 2. The van der Waals surface area contributed by atoms with E-state index < -0.39 is 11.5 Å². The third kappa shape index (κ3) is 2.69. The van der Waals surface area contributed by atoms with E-state index in [0.29, 0.717) is 5.69 Å². The molecule has 1 aromatic heterocycles. The summed E-state index contributed by atoms with van der Waals surface area (Å²) in [5, 5.41) is 11.6. The van der Waals surface area contributed by atoms with Crippen molar-refractivity contribution in [2.24, 2.45) is 7.05 Å². The molecule has 0 saturated heterocycles.